The number of nitrogens with two attached hydrogens (primary N) is 1. The monoisotopic (exact) mass is 940 g/mol. The summed E-state index contributed by atoms with van der Waals surface area (Å²) in [7, 11) is 7.13. The molecule has 0 aliphatic heterocycles. The largest absolute Gasteiger partial charge is 0.497 e. The first-order valence-corrected chi connectivity index (χ1v) is 21.3. The van der Waals surface area contributed by atoms with Crippen molar-refractivity contribution >= 4 is 52.1 Å². The zero-order valence-corrected chi connectivity index (χ0v) is 38.0. The third-order valence-electron chi connectivity index (χ3n) is 11.8. The predicted molar refractivity (Wildman–Crippen MR) is 248 cm³/mol. The van der Waals surface area contributed by atoms with Crippen LogP contribution < -0.4 is 30.3 Å². The van der Waals surface area contributed by atoms with E-state index in [0.29, 0.717) is 45.0 Å². The Bertz CT molecular complexity index is 2480. The number of nitrogens with one attached hydrogen (secondary N) is 1. The lowest BCUT2D eigenvalue weighted by Gasteiger charge is -2.27. The lowest BCUT2D eigenvalue weighted by atomic mass is 10.1. The number of alkyl halides is 6. The van der Waals surface area contributed by atoms with Crippen LogP contribution in [0.15, 0.2) is 97.6 Å². The number of hydrogen-bond acceptors (Lipinski definition) is 11. The number of ether oxygens (including phenoxy) is 2. The van der Waals surface area contributed by atoms with Gasteiger partial charge in [-0.25, -0.2) is 19.9 Å². The molecule has 2 aliphatic rings. The van der Waals surface area contributed by atoms with Gasteiger partial charge in [-0.1, -0.05) is 24.3 Å². The number of carbonyl (C=O) groups excluding carboxylic acids is 1. The van der Waals surface area contributed by atoms with E-state index >= 15 is 0 Å². The Morgan fingerprint density at radius 1 is 0.652 bits per heavy atom. The molecule has 8 rings (SSSR count). The molecule has 2 heterocycles. The fraction of sp³-hybridized carbons (Fsp3) is 0.396. The highest BCUT2D eigenvalue weighted by atomic mass is 35.5. The molecule has 11 nitrogen and oxygen atoms in total. The number of fused-ring (bicyclic) bond motifs is 2. The molecule has 0 saturated heterocycles. The Balaban J connectivity index is 0.000000209. The first kappa shape index (κ1) is 51.2. The topological polar surface area (TPSA) is 132 Å². The van der Waals surface area contributed by atoms with Crippen molar-refractivity contribution in [1.82, 2.24) is 25.3 Å². The van der Waals surface area contributed by atoms with Crippen LogP contribution >= 0.6 is 12.4 Å². The Labute approximate surface area is 386 Å². The highest BCUT2D eigenvalue weighted by Gasteiger charge is 2.32. The molecule has 2 aliphatic carbocycles. The molecule has 2 aromatic heterocycles. The van der Waals surface area contributed by atoms with Crippen LogP contribution in [0.2, 0.25) is 0 Å². The van der Waals surface area contributed by atoms with Crippen molar-refractivity contribution in [2.45, 2.75) is 94.4 Å². The zero-order chi connectivity index (χ0) is 46.7. The van der Waals surface area contributed by atoms with Crippen LogP contribution in [-0.4, -0.2) is 91.1 Å². The van der Waals surface area contributed by atoms with Crippen molar-refractivity contribution in [2.24, 2.45) is 5.73 Å². The van der Waals surface area contributed by atoms with E-state index in [4.69, 9.17) is 15.2 Å². The van der Waals surface area contributed by atoms with Gasteiger partial charge in [-0.2, -0.15) is 26.3 Å². The molecule has 66 heavy (non-hydrogen) atoms. The highest BCUT2D eigenvalue weighted by Crippen LogP contribution is 2.34. The second-order valence-electron chi connectivity index (χ2n) is 16.4. The number of aldehydes is 1. The van der Waals surface area contributed by atoms with E-state index in [1.807, 2.05) is 31.1 Å². The lowest BCUT2D eigenvalue weighted by molar-refractivity contribution is -0.128. The molecule has 6 aromatic rings. The van der Waals surface area contributed by atoms with Crippen molar-refractivity contribution < 1.29 is 40.6 Å². The SMILES string of the molecule is CN(c1ncnc2ccc(CC(F)(F)F)cc12)[C@@H]1CC[C@H](N)C1.COc1ccc(C=O)cc1.COc1ccc(CN[C@H]2CC[C@@H](N(C)c3ncnc4ccc(CC(F)(F)F)cc34)C2)cc1.Cl. The van der Waals surface area contributed by atoms with Crippen LogP contribution in [0.3, 0.4) is 0 Å². The van der Waals surface area contributed by atoms with Crippen LogP contribution in [0.4, 0.5) is 38.0 Å². The Morgan fingerprint density at radius 2 is 1.11 bits per heavy atom. The van der Waals surface area contributed by atoms with E-state index in [1.54, 1.807) is 62.8 Å². The van der Waals surface area contributed by atoms with Gasteiger partial charge < -0.3 is 30.3 Å². The first-order valence-electron chi connectivity index (χ1n) is 21.3. The van der Waals surface area contributed by atoms with Gasteiger partial charge in [0.1, 0.15) is 42.1 Å². The number of benzene rings is 4. The second kappa shape index (κ2) is 23.1. The average molecular weight is 941 g/mol. The van der Waals surface area contributed by atoms with Crippen molar-refractivity contribution in [1.29, 1.82) is 0 Å². The van der Waals surface area contributed by atoms with Crippen molar-refractivity contribution in [3.8, 4) is 11.5 Å². The molecule has 0 bridgehead atoms. The minimum Gasteiger partial charge on any atom is -0.497 e. The van der Waals surface area contributed by atoms with Crippen LogP contribution in [0.5, 0.6) is 11.5 Å². The van der Waals surface area contributed by atoms with Crippen LogP contribution in [0.1, 0.15) is 65.6 Å². The number of methoxy groups -OCH3 is 2. The number of carbonyl (C=O) groups is 1. The maximum atomic E-state index is 12.9. The normalized spacial score (nSPS) is 18.0. The molecule has 0 amide bonds. The molecule has 4 atom stereocenters. The Kier molecular flexibility index (Phi) is 17.9. The van der Waals surface area contributed by atoms with Crippen LogP contribution in [0.25, 0.3) is 21.8 Å². The van der Waals surface area contributed by atoms with Gasteiger partial charge in [0.05, 0.1) is 38.1 Å². The summed E-state index contributed by atoms with van der Waals surface area (Å²) >= 11 is 0. The van der Waals surface area contributed by atoms with Gasteiger partial charge in [0.2, 0.25) is 0 Å². The third-order valence-corrected chi connectivity index (χ3v) is 11.8. The van der Waals surface area contributed by atoms with Gasteiger partial charge in [-0.3, -0.25) is 4.79 Å². The maximum absolute atomic E-state index is 12.9. The van der Waals surface area contributed by atoms with E-state index in [1.165, 1.54) is 30.4 Å². The highest BCUT2D eigenvalue weighted by molar-refractivity contribution is 5.91. The lowest BCUT2D eigenvalue weighted by Crippen LogP contribution is -2.33. The average Bonchev–Trinajstić information content (AvgIpc) is 3.96. The van der Waals surface area contributed by atoms with E-state index in [-0.39, 0.29) is 41.7 Å². The fourth-order valence-corrected chi connectivity index (χ4v) is 8.30. The zero-order valence-electron chi connectivity index (χ0n) is 37.1. The van der Waals surface area contributed by atoms with Gasteiger partial charge >= 0.3 is 12.4 Å². The summed E-state index contributed by atoms with van der Waals surface area (Å²) in [5.41, 5.74) is 9.57. The summed E-state index contributed by atoms with van der Waals surface area (Å²) in [5, 5.41) is 4.93. The molecule has 4 aromatic carbocycles. The molecule has 354 valence electrons. The quantitative estimate of drug-likeness (QED) is 0.0898. The second-order valence-corrected chi connectivity index (χ2v) is 16.4. The summed E-state index contributed by atoms with van der Waals surface area (Å²) in [6.07, 6.45) is -0.891. The summed E-state index contributed by atoms with van der Waals surface area (Å²) < 4.78 is 86.6. The standard InChI is InChI=1S/C24H27F3N4O.C16H19F3N4.C8H8O2.ClH/c1-31(19-7-6-18(12-19)28-14-16-3-8-20(32-2)9-4-16)23-21-11-17(13-24(25,26)27)5-10-22(21)29-15-30-23;1-23(12-4-3-11(20)7-12)15-13-6-10(8-16(17,18)19)2-5-14(13)21-9-22-15;1-10-8-4-2-7(6-9)3-5-8;/h3-5,8-11,15,18-19,28H,6-7,12-14H2,1-2H3;2,5-6,9,11-12H,3-4,7-8,20H2,1H3;2-6H,1H3;1H/t18-,19+;11-,12+;;/m00../s1. The molecule has 2 saturated carbocycles. The summed E-state index contributed by atoms with van der Waals surface area (Å²) in [4.78, 5) is 31.4. The number of rotatable bonds is 12. The van der Waals surface area contributed by atoms with Gasteiger partial charge in [0, 0.05) is 61.1 Å². The van der Waals surface area contributed by atoms with Gasteiger partial charge in [0.25, 0.3) is 0 Å². The molecule has 2 fully saturated rings. The van der Waals surface area contributed by atoms with Crippen LogP contribution in [-0.2, 0) is 19.4 Å². The molecular formula is C48H55ClF6N8O3. The summed E-state index contributed by atoms with van der Waals surface area (Å²) in [5.74, 6) is 2.95. The van der Waals surface area contributed by atoms with Crippen LogP contribution in [0, 0.1) is 0 Å². The van der Waals surface area contributed by atoms with E-state index < -0.39 is 25.2 Å². The van der Waals surface area contributed by atoms with Gasteiger partial charge in [-0.05, 0) is 116 Å². The summed E-state index contributed by atoms with van der Waals surface area (Å²) in [6, 6.07) is 25.4. The minimum absolute atomic E-state index is 0. The van der Waals surface area contributed by atoms with Crippen molar-refractivity contribution in [3.05, 3.63) is 120 Å². The predicted octanol–water partition coefficient (Wildman–Crippen LogP) is 9.87. The molecule has 0 radical (unpaired) electrons. The number of halogens is 7. The maximum Gasteiger partial charge on any atom is 0.393 e. The minimum atomic E-state index is -4.25. The molecular weight excluding hydrogens is 886 g/mol. The van der Waals surface area contributed by atoms with Gasteiger partial charge in [0.15, 0.2) is 0 Å². The van der Waals surface area contributed by atoms with Crippen molar-refractivity contribution in [3.63, 3.8) is 0 Å². The molecule has 18 heteroatoms. The Hall–Kier alpha value is -5.78. The smallest absolute Gasteiger partial charge is 0.393 e. The molecule has 0 spiro atoms. The van der Waals surface area contributed by atoms with E-state index in [9.17, 15) is 31.1 Å². The summed E-state index contributed by atoms with van der Waals surface area (Å²) in [6.45, 7) is 0.780. The fourth-order valence-electron chi connectivity index (χ4n) is 8.30. The first-order chi connectivity index (χ1) is 31.0. The Morgan fingerprint density at radius 3 is 1.55 bits per heavy atom. The number of anilines is 2. The molecule has 0 unspecified atom stereocenters. The van der Waals surface area contributed by atoms with Crippen molar-refractivity contribution in [2.75, 3.05) is 38.1 Å². The number of aromatic nitrogens is 4. The van der Waals surface area contributed by atoms with E-state index in [2.05, 4.69) is 42.3 Å². The third kappa shape index (κ3) is 14.4. The molecule has 3 N–H and O–H groups in total. The van der Waals surface area contributed by atoms with Gasteiger partial charge in [-0.15, -0.1) is 12.4 Å². The van der Waals surface area contributed by atoms with E-state index in [0.717, 1.165) is 62.9 Å². The number of nitrogens with zero attached hydrogens (tertiary/aromatic N) is 6. The number of hydrogen-bond donors (Lipinski definition) is 2.